The number of hydrogen-bond acceptors (Lipinski definition) is 9. The lowest BCUT2D eigenvalue weighted by Gasteiger charge is -2.54. The number of aromatic nitrogens is 4. The van der Waals surface area contributed by atoms with Crippen LogP contribution in [0, 0.1) is 0 Å². The van der Waals surface area contributed by atoms with Gasteiger partial charge in [-0.2, -0.15) is 5.10 Å². The molecule has 0 radical (unpaired) electrons. The predicted molar refractivity (Wildman–Crippen MR) is 169 cm³/mol. The van der Waals surface area contributed by atoms with Gasteiger partial charge in [0.1, 0.15) is 41.1 Å². The molecule has 3 saturated heterocycles. The number of anilines is 1. The van der Waals surface area contributed by atoms with Gasteiger partial charge in [0.05, 0.1) is 11.4 Å². The second-order valence-corrected chi connectivity index (χ2v) is 13.2. The highest BCUT2D eigenvalue weighted by atomic mass is 19.1. The van der Waals surface area contributed by atoms with E-state index in [-0.39, 0.29) is 6.09 Å². The van der Waals surface area contributed by atoms with Gasteiger partial charge in [0, 0.05) is 56.9 Å². The van der Waals surface area contributed by atoms with Crippen LogP contribution in [0.5, 0.6) is 11.5 Å². The molecule has 1 amide bonds. The number of ether oxygens (including phenoxy) is 2. The lowest BCUT2D eigenvalue weighted by molar-refractivity contribution is -0.0697. The Labute approximate surface area is 261 Å². The Balaban J connectivity index is 0.996. The minimum atomic E-state index is -1.12. The number of carbonyl (C=O) groups is 1. The van der Waals surface area contributed by atoms with Gasteiger partial charge in [-0.15, -0.1) is 0 Å². The molecular weight excluding hydrogens is 575 g/mol. The minimum absolute atomic E-state index is 0.256. The van der Waals surface area contributed by atoms with Crippen LogP contribution in [0.15, 0.2) is 60.9 Å². The van der Waals surface area contributed by atoms with Gasteiger partial charge in [-0.1, -0.05) is 18.2 Å². The number of alkyl halides is 1. The molecule has 3 fully saturated rings. The van der Waals surface area contributed by atoms with Crippen molar-refractivity contribution >= 4 is 22.9 Å². The van der Waals surface area contributed by atoms with E-state index in [4.69, 9.17) is 20.3 Å². The van der Waals surface area contributed by atoms with Crippen LogP contribution in [0.1, 0.15) is 33.2 Å². The Morgan fingerprint density at radius 3 is 2.29 bits per heavy atom. The number of nitrogens with two attached hydrogens (primary N) is 1. The smallest absolute Gasteiger partial charge is 0.410 e. The highest BCUT2D eigenvalue weighted by Gasteiger charge is 2.45. The topological polar surface area (TPSA) is 115 Å². The molecular formula is C33H39FN8O3. The number of benzene rings is 2. The largest absolute Gasteiger partial charge is 0.457 e. The molecule has 12 heteroatoms. The van der Waals surface area contributed by atoms with Gasteiger partial charge in [0.2, 0.25) is 0 Å². The molecule has 2 aromatic carbocycles. The molecule has 5 heterocycles. The van der Waals surface area contributed by atoms with Gasteiger partial charge < -0.3 is 20.1 Å². The number of likely N-dealkylation sites (tertiary alicyclic amines) is 3. The summed E-state index contributed by atoms with van der Waals surface area (Å²) < 4.78 is 29.1. The van der Waals surface area contributed by atoms with E-state index >= 15 is 4.39 Å². The van der Waals surface area contributed by atoms with E-state index < -0.39 is 17.8 Å². The van der Waals surface area contributed by atoms with E-state index in [1.165, 1.54) is 6.33 Å². The number of rotatable bonds is 6. The molecule has 2 aromatic heterocycles. The standard InChI is InChI=1S/C33H39FN8O3/c1-33(2,3)45-32(43)41-17-23(18-41)40-15-22(16-40)39-14-13-27(26(34)19-39)42-31-28(30(35)36-20-37-31)29(38-42)21-9-11-25(12-10-21)44-24-7-5-4-6-8-24/h4-12,20,22-23,26-27H,13-19H2,1-3H3,(H2,35,36,37)/t26-,27?/m0/s1. The molecule has 0 aliphatic carbocycles. The lowest BCUT2D eigenvalue weighted by Crippen LogP contribution is -2.71. The van der Waals surface area contributed by atoms with E-state index in [0.717, 1.165) is 30.9 Å². The molecule has 45 heavy (non-hydrogen) atoms. The number of para-hydroxylation sites is 1. The molecule has 3 aliphatic heterocycles. The fraction of sp³-hybridized carbons (Fsp3) is 0.455. The van der Waals surface area contributed by atoms with E-state index in [2.05, 4.69) is 19.8 Å². The fourth-order valence-corrected chi connectivity index (χ4v) is 6.44. The quantitative estimate of drug-likeness (QED) is 0.328. The molecule has 7 rings (SSSR count). The minimum Gasteiger partial charge on any atom is -0.457 e. The first-order valence-corrected chi connectivity index (χ1v) is 15.5. The first-order chi connectivity index (χ1) is 21.6. The Morgan fingerprint density at radius 2 is 1.60 bits per heavy atom. The number of nitrogens with zero attached hydrogens (tertiary/aromatic N) is 7. The summed E-state index contributed by atoms with van der Waals surface area (Å²) in [5.74, 6) is 1.76. The summed E-state index contributed by atoms with van der Waals surface area (Å²) in [6.45, 7) is 9.85. The van der Waals surface area contributed by atoms with Gasteiger partial charge in [0.25, 0.3) is 0 Å². The van der Waals surface area contributed by atoms with Crippen LogP contribution >= 0.6 is 0 Å². The van der Waals surface area contributed by atoms with Crippen LogP contribution in [0.3, 0.4) is 0 Å². The average Bonchev–Trinajstić information content (AvgIpc) is 3.34. The number of fused-ring (bicyclic) bond motifs is 1. The highest BCUT2D eigenvalue weighted by molar-refractivity contribution is 5.98. The zero-order chi connectivity index (χ0) is 31.3. The number of hydrogen-bond donors (Lipinski definition) is 1. The number of nitrogen functional groups attached to an aromatic ring is 1. The summed E-state index contributed by atoms with van der Waals surface area (Å²) in [7, 11) is 0. The van der Waals surface area contributed by atoms with E-state index in [0.29, 0.717) is 66.4 Å². The van der Waals surface area contributed by atoms with Crippen molar-refractivity contribution in [3.05, 3.63) is 60.9 Å². The number of piperidine rings is 1. The third-order valence-electron chi connectivity index (χ3n) is 8.91. The maximum atomic E-state index is 15.9. The Morgan fingerprint density at radius 1 is 0.911 bits per heavy atom. The number of amides is 1. The van der Waals surface area contributed by atoms with Gasteiger partial charge in [-0.25, -0.2) is 23.8 Å². The molecule has 11 nitrogen and oxygen atoms in total. The zero-order valence-corrected chi connectivity index (χ0v) is 25.8. The van der Waals surface area contributed by atoms with Gasteiger partial charge in [-0.3, -0.25) is 9.80 Å². The summed E-state index contributed by atoms with van der Waals surface area (Å²) in [6.07, 6.45) is 0.644. The van der Waals surface area contributed by atoms with Crippen LogP contribution in [-0.4, -0.2) is 104 Å². The van der Waals surface area contributed by atoms with Crippen molar-refractivity contribution in [2.45, 2.75) is 57.1 Å². The van der Waals surface area contributed by atoms with Crippen molar-refractivity contribution in [2.24, 2.45) is 0 Å². The molecule has 2 atom stereocenters. The van der Waals surface area contributed by atoms with Crippen molar-refractivity contribution < 1.29 is 18.7 Å². The van der Waals surface area contributed by atoms with Crippen molar-refractivity contribution in [1.82, 2.24) is 34.4 Å². The first kappa shape index (κ1) is 29.4. The normalized spacial score (nSPS) is 21.8. The van der Waals surface area contributed by atoms with E-state index in [1.807, 2.05) is 75.4 Å². The van der Waals surface area contributed by atoms with Crippen LogP contribution < -0.4 is 10.5 Å². The summed E-state index contributed by atoms with van der Waals surface area (Å²) in [5, 5.41) is 5.52. The third-order valence-corrected chi connectivity index (χ3v) is 8.91. The Bertz CT molecular complexity index is 1660. The van der Waals surface area contributed by atoms with Crippen LogP contribution in [0.2, 0.25) is 0 Å². The van der Waals surface area contributed by atoms with E-state index in [9.17, 15) is 4.79 Å². The van der Waals surface area contributed by atoms with Gasteiger partial charge in [0.15, 0.2) is 5.65 Å². The monoisotopic (exact) mass is 614 g/mol. The molecule has 2 N–H and O–H groups in total. The Kier molecular flexibility index (Phi) is 7.57. The molecule has 1 unspecified atom stereocenters. The average molecular weight is 615 g/mol. The Hall–Kier alpha value is -4.29. The second kappa shape index (κ2) is 11.6. The fourth-order valence-electron chi connectivity index (χ4n) is 6.44. The van der Waals surface area contributed by atoms with Gasteiger partial charge in [-0.05, 0) is 63.6 Å². The number of halogens is 1. The van der Waals surface area contributed by atoms with Gasteiger partial charge >= 0.3 is 6.09 Å². The summed E-state index contributed by atoms with van der Waals surface area (Å²) in [5.41, 5.74) is 7.83. The SMILES string of the molecule is CC(C)(C)OC(=O)N1CC(N2CC(N3CCC(n4nc(-c5ccc(Oc6ccccc6)cc5)c5c(N)ncnc54)[C@@H](F)C3)C2)C1. The molecule has 0 bridgehead atoms. The predicted octanol–water partition coefficient (Wildman–Crippen LogP) is 4.76. The van der Waals surface area contributed by atoms with Crippen molar-refractivity contribution in [3.63, 3.8) is 0 Å². The lowest BCUT2D eigenvalue weighted by atomic mass is 9.95. The van der Waals surface area contributed by atoms with Crippen molar-refractivity contribution in [2.75, 3.05) is 45.0 Å². The zero-order valence-electron chi connectivity index (χ0n) is 25.8. The highest BCUT2D eigenvalue weighted by Crippen LogP contribution is 2.37. The molecule has 236 valence electrons. The summed E-state index contributed by atoms with van der Waals surface area (Å²) in [4.78, 5) is 27.4. The van der Waals surface area contributed by atoms with Crippen molar-refractivity contribution in [3.8, 4) is 22.8 Å². The molecule has 0 saturated carbocycles. The van der Waals surface area contributed by atoms with Crippen LogP contribution in [0.25, 0.3) is 22.3 Å². The maximum absolute atomic E-state index is 15.9. The summed E-state index contributed by atoms with van der Waals surface area (Å²) >= 11 is 0. The molecule has 3 aliphatic rings. The third kappa shape index (κ3) is 5.91. The summed E-state index contributed by atoms with van der Waals surface area (Å²) in [6, 6.07) is 17.4. The van der Waals surface area contributed by atoms with Crippen molar-refractivity contribution in [1.29, 1.82) is 0 Å². The second-order valence-electron chi connectivity index (χ2n) is 13.2. The van der Waals surface area contributed by atoms with Crippen LogP contribution in [-0.2, 0) is 4.74 Å². The number of carbonyl (C=O) groups excluding carboxylic acids is 1. The molecule has 0 spiro atoms. The molecule has 4 aromatic rings. The maximum Gasteiger partial charge on any atom is 0.410 e. The van der Waals surface area contributed by atoms with E-state index in [1.54, 1.807) is 9.58 Å². The van der Waals surface area contributed by atoms with Crippen LogP contribution in [0.4, 0.5) is 15.0 Å². The first-order valence-electron chi connectivity index (χ1n) is 15.5.